The number of rotatable bonds is 6. The number of anilines is 1. The van der Waals surface area contributed by atoms with Gasteiger partial charge in [-0.1, -0.05) is 28.6 Å². The first-order valence-corrected chi connectivity index (χ1v) is 9.78. The average molecular weight is 437 g/mol. The van der Waals surface area contributed by atoms with Crippen molar-refractivity contribution in [2.24, 2.45) is 0 Å². The van der Waals surface area contributed by atoms with Crippen molar-refractivity contribution >= 4 is 28.1 Å². The van der Waals surface area contributed by atoms with Gasteiger partial charge in [0.05, 0.1) is 17.7 Å². The molecule has 0 saturated carbocycles. The molecule has 0 atom stereocenters. The summed E-state index contributed by atoms with van der Waals surface area (Å²) in [6, 6.07) is 12.9. The van der Waals surface area contributed by atoms with Gasteiger partial charge in [-0.2, -0.15) is 4.98 Å². The van der Waals surface area contributed by atoms with Gasteiger partial charge in [0.1, 0.15) is 16.2 Å². The number of aromatic nitrogens is 3. The molecule has 1 N–H and O–H groups in total. The first-order valence-electron chi connectivity index (χ1n) is 8.97. The maximum atomic E-state index is 12.5. The van der Waals surface area contributed by atoms with Crippen LogP contribution >= 0.6 is 11.3 Å². The Hall–Kier alpha value is -4.12. The fourth-order valence-corrected chi connectivity index (χ4v) is 3.69. The van der Waals surface area contributed by atoms with Crippen LogP contribution in [-0.4, -0.2) is 33.1 Å². The first kappa shape index (κ1) is 20.2. The van der Waals surface area contributed by atoms with Crippen LogP contribution < -0.4 is 10.1 Å². The maximum absolute atomic E-state index is 12.5. The van der Waals surface area contributed by atoms with Gasteiger partial charge in [-0.25, -0.2) is 4.98 Å². The Morgan fingerprint density at radius 1 is 1.16 bits per heavy atom. The Morgan fingerprint density at radius 2 is 1.90 bits per heavy atom. The van der Waals surface area contributed by atoms with Crippen LogP contribution in [0.15, 0.2) is 53.1 Å². The van der Waals surface area contributed by atoms with Crippen molar-refractivity contribution in [3.63, 3.8) is 0 Å². The summed E-state index contributed by atoms with van der Waals surface area (Å²) in [6.45, 7) is 1.74. The minimum Gasteiger partial charge on any atom is -0.497 e. The Kier molecular flexibility index (Phi) is 5.41. The predicted molar refractivity (Wildman–Crippen MR) is 113 cm³/mol. The minimum atomic E-state index is -0.628. The number of benzene rings is 2. The number of thiazole rings is 1. The monoisotopic (exact) mass is 437 g/mol. The second-order valence-electron chi connectivity index (χ2n) is 6.31. The third-order valence-electron chi connectivity index (χ3n) is 4.33. The quantitative estimate of drug-likeness (QED) is 0.348. The van der Waals surface area contributed by atoms with E-state index in [1.165, 1.54) is 18.2 Å². The zero-order valence-electron chi connectivity index (χ0n) is 16.4. The molecule has 31 heavy (non-hydrogen) atoms. The van der Waals surface area contributed by atoms with Gasteiger partial charge in [0.2, 0.25) is 5.82 Å². The summed E-state index contributed by atoms with van der Waals surface area (Å²) in [5.41, 5.74) is 0.992. The van der Waals surface area contributed by atoms with Crippen molar-refractivity contribution in [3.05, 3.63) is 69.9 Å². The number of nitrogens with zero attached hydrogens (tertiary/aromatic N) is 4. The fourth-order valence-electron chi connectivity index (χ4n) is 2.81. The number of nitro groups is 1. The molecular formula is C20H15N5O5S. The van der Waals surface area contributed by atoms with Crippen LogP contribution in [0.1, 0.15) is 16.1 Å². The summed E-state index contributed by atoms with van der Waals surface area (Å²) < 4.78 is 10.5. The molecule has 0 saturated heterocycles. The Balaban J connectivity index is 1.56. The normalized spacial score (nSPS) is 10.6. The molecule has 2 aromatic carbocycles. The molecule has 0 aliphatic heterocycles. The van der Waals surface area contributed by atoms with E-state index in [-0.39, 0.29) is 22.3 Å². The number of para-hydroxylation sites is 1. The lowest BCUT2D eigenvalue weighted by Crippen LogP contribution is -2.13. The Morgan fingerprint density at radius 3 is 2.61 bits per heavy atom. The van der Waals surface area contributed by atoms with Crippen LogP contribution in [0.2, 0.25) is 0 Å². The molecular weight excluding hydrogens is 422 g/mol. The van der Waals surface area contributed by atoms with E-state index in [9.17, 15) is 14.9 Å². The van der Waals surface area contributed by atoms with Gasteiger partial charge in [0.25, 0.3) is 17.5 Å². The molecule has 1 amide bonds. The van der Waals surface area contributed by atoms with Crippen LogP contribution in [-0.2, 0) is 0 Å². The lowest BCUT2D eigenvalue weighted by molar-refractivity contribution is -0.385. The summed E-state index contributed by atoms with van der Waals surface area (Å²) in [7, 11) is 1.58. The van der Waals surface area contributed by atoms with Crippen molar-refractivity contribution in [3.8, 4) is 27.9 Å². The van der Waals surface area contributed by atoms with E-state index < -0.39 is 10.8 Å². The van der Waals surface area contributed by atoms with Crippen molar-refractivity contribution < 1.29 is 19.0 Å². The number of nitro benzene ring substituents is 1. The Bertz CT molecular complexity index is 1270. The minimum absolute atomic E-state index is 0.0542. The van der Waals surface area contributed by atoms with Gasteiger partial charge >= 0.3 is 0 Å². The number of aryl methyl sites for hydroxylation is 1. The molecule has 2 aromatic heterocycles. The SMILES string of the molecule is COc1ccc(-c2noc(-c3sc(NC(=O)c4ccccc4[N+](=O)[O-])nc3C)n2)cc1. The number of methoxy groups -OCH3 is 1. The third kappa shape index (κ3) is 4.12. The van der Waals surface area contributed by atoms with Crippen molar-refractivity contribution in [1.29, 1.82) is 0 Å². The first-order chi connectivity index (χ1) is 15.0. The van der Waals surface area contributed by atoms with E-state index in [1.54, 1.807) is 32.2 Å². The van der Waals surface area contributed by atoms with E-state index in [0.29, 0.717) is 22.1 Å². The van der Waals surface area contributed by atoms with Crippen LogP contribution in [0.25, 0.3) is 22.2 Å². The molecule has 0 unspecified atom stereocenters. The average Bonchev–Trinajstić information content (AvgIpc) is 3.40. The summed E-state index contributed by atoms with van der Waals surface area (Å²) in [5, 5.41) is 18.0. The highest BCUT2D eigenvalue weighted by Crippen LogP contribution is 2.33. The Labute approximate surface area is 179 Å². The van der Waals surface area contributed by atoms with Crippen molar-refractivity contribution in [2.75, 3.05) is 12.4 Å². The standard InChI is InChI=1S/C20H15N5O5S/c1-11-16(19-22-17(24-30-19)12-7-9-13(29-2)10-8-12)31-20(21-11)23-18(26)14-5-3-4-6-15(14)25(27)28/h3-10H,1-2H3,(H,21,23,26). The lowest BCUT2D eigenvalue weighted by Gasteiger charge is -2.02. The second kappa shape index (κ2) is 8.32. The highest BCUT2D eigenvalue weighted by atomic mass is 32.1. The zero-order valence-corrected chi connectivity index (χ0v) is 17.2. The van der Waals surface area contributed by atoms with Gasteiger partial charge in [-0.05, 0) is 37.3 Å². The largest absolute Gasteiger partial charge is 0.497 e. The number of carbonyl (C=O) groups is 1. The zero-order chi connectivity index (χ0) is 22.0. The summed E-state index contributed by atoms with van der Waals surface area (Å²) in [6.07, 6.45) is 0. The number of amides is 1. The van der Waals surface area contributed by atoms with Gasteiger partial charge in [0, 0.05) is 11.6 Å². The third-order valence-corrected chi connectivity index (χ3v) is 5.39. The molecule has 11 heteroatoms. The van der Waals surface area contributed by atoms with Crippen LogP contribution in [0.4, 0.5) is 10.8 Å². The van der Waals surface area contributed by atoms with E-state index >= 15 is 0 Å². The number of carbonyl (C=O) groups excluding carboxylic acids is 1. The van der Waals surface area contributed by atoms with Crippen molar-refractivity contribution in [2.45, 2.75) is 6.92 Å². The second-order valence-corrected chi connectivity index (χ2v) is 7.31. The lowest BCUT2D eigenvalue weighted by atomic mass is 10.1. The molecule has 0 spiro atoms. The van der Waals surface area contributed by atoms with E-state index in [2.05, 4.69) is 20.4 Å². The predicted octanol–water partition coefficient (Wildman–Crippen LogP) is 4.34. The van der Waals surface area contributed by atoms with E-state index in [1.807, 2.05) is 12.1 Å². The van der Waals surface area contributed by atoms with Gasteiger partial charge < -0.3 is 9.26 Å². The van der Waals surface area contributed by atoms with Gasteiger partial charge in [0.15, 0.2) is 5.13 Å². The molecule has 2 heterocycles. The van der Waals surface area contributed by atoms with Crippen LogP contribution in [0.3, 0.4) is 0 Å². The van der Waals surface area contributed by atoms with Crippen LogP contribution in [0, 0.1) is 17.0 Å². The van der Waals surface area contributed by atoms with Gasteiger partial charge in [-0.15, -0.1) is 0 Å². The molecule has 4 rings (SSSR count). The molecule has 4 aromatic rings. The topological polar surface area (TPSA) is 133 Å². The molecule has 0 aliphatic rings. The van der Waals surface area contributed by atoms with Gasteiger partial charge in [-0.3, -0.25) is 20.2 Å². The van der Waals surface area contributed by atoms with E-state index in [4.69, 9.17) is 9.26 Å². The molecule has 0 fully saturated rings. The number of nitrogens with one attached hydrogen (secondary N) is 1. The molecule has 0 aliphatic carbocycles. The summed E-state index contributed by atoms with van der Waals surface area (Å²) in [4.78, 5) is 32.4. The molecule has 0 radical (unpaired) electrons. The van der Waals surface area contributed by atoms with Crippen molar-refractivity contribution in [1.82, 2.24) is 15.1 Å². The van der Waals surface area contributed by atoms with E-state index in [0.717, 1.165) is 16.9 Å². The highest BCUT2D eigenvalue weighted by molar-refractivity contribution is 7.19. The molecule has 0 bridgehead atoms. The van der Waals surface area contributed by atoms with Crippen LogP contribution in [0.5, 0.6) is 5.75 Å². The molecule has 156 valence electrons. The molecule has 10 nitrogen and oxygen atoms in total. The highest BCUT2D eigenvalue weighted by Gasteiger charge is 2.22. The summed E-state index contributed by atoms with van der Waals surface area (Å²) >= 11 is 1.14. The smallest absolute Gasteiger partial charge is 0.282 e. The maximum Gasteiger partial charge on any atom is 0.282 e. The number of hydrogen-bond donors (Lipinski definition) is 1. The summed E-state index contributed by atoms with van der Waals surface area (Å²) in [5.74, 6) is 0.741. The number of ether oxygens (including phenoxy) is 1. The number of hydrogen-bond acceptors (Lipinski definition) is 9. The fraction of sp³-hybridized carbons (Fsp3) is 0.100.